The normalized spacial score (nSPS) is 34.3. The van der Waals surface area contributed by atoms with Crippen LogP contribution in [0, 0.1) is 23.2 Å². The highest BCUT2D eigenvalue weighted by molar-refractivity contribution is 6.31. The molecule has 0 radical (unpaired) electrons. The molecule has 0 saturated heterocycles. The molecule has 0 aromatic heterocycles. The van der Waals surface area contributed by atoms with Gasteiger partial charge in [0.15, 0.2) is 5.66 Å². The van der Waals surface area contributed by atoms with Crippen LogP contribution >= 0.6 is 0 Å². The zero-order valence-electron chi connectivity index (χ0n) is 16.4. The minimum atomic E-state index is -0.340. The predicted octanol–water partition coefficient (Wildman–Crippen LogP) is 4.36. The van der Waals surface area contributed by atoms with Gasteiger partial charge in [0.05, 0.1) is 11.8 Å². The van der Waals surface area contributed by atoms with Crippen LogP contribution < -0.4 is 0 Å². The summed E-state index contributed by atoms with van der Waals surface area (Å²) >= 11 is 0. The van der Waals surface area contributed by atoms with Crippen molar-refractivity contribution in [1.82, 2.24) is 0 Å². The SMILES string of the molecule is COC1CCC2(Cc3ccc(C#CC4CCC4)cc3C2)C2(C1)N=CC(C)=N2. The van der Waals surface area contributed by atoms with Gasteiger partial charge in [-0.15, -0.1) is 0 Å². The molecule has 1 aromatic carbocycles. The molecule has 4 aliphatic rings. The average molecular weight is 361 g/mol. The van der Waals surface area contributed by atoms with Gasteiger partial charge in [0.1, 0.15) is 0 Å². The highest BCUT2D eigenvalue weighted by Crippen LogP contribution is 2.56. The van der Waals surface area contributed by atoms with Crippen LogP contribution in [0.4, 0.5) is 0 Å². The molecule has 3 aliphatic carbocycles. The van der Waals surface area contributed by atoms with Crippen molar-refractivity contribution in [2.24, 2.45) is 21.3 Å². The van der Waals surface area contributed by atoms with Gasteiger partial charge in [-0.1, -0.05) is 24.3 Å². The van der Waals surface area contributed by atoms with E-state index in [1.54, 1.807) is 0 Å². The highest BCUT2D eigenvalue weighted by atomic mass is 16.5. The Bertz CT molecular complexity index is 885. The second-order valence-corrected chi connectivity index (χ2v) is 8.94. The van der Waals surface area contributed by atoms with E-state index in [0.717, 1.165) is 37.8 Å². The summed E-state index contributed by atoms with van der Waals surface area (Å²) in [6, 6.07) is 6.85. The van der Waals surface area contributed by atoms with Gasteiger partial charge >= 0.3 is 0 Å². The monoisotopic (exact) mass is 360 g/mol. The smallest absolute Gasteiger partial charge is 0.159 e. The molecule has 1 aromatic rings. The summed E-state index contributed by atoms with van der Waals surface area (Å²) < 4.78 is 5.72. The molecular weight excluding hydrogens is 332 g/mol. The van der Waals surface area contributed by atoms with E-state index in [-0.39, 0.29) is 17.2 Å². The molecule has 27 heavy (non-hydrogen) atoms. The van der Waals surface area contributed by atoms with E-state index in [2.05, 4.69) is 37.0 Å². The van der Waals surface area contributed by atoms with Gasteiger partial charge < -0.3 is 4.74 Å². The zero-order valence-corrected chi connectivity index (χ0v) is 16.4. The molecule has 3 nitrogen and oxygen atoms in total. The largest absolute Gasteiger partial charge is 0.381 e. The number of benzene rings is 1. The molecule has 2 spiro atoms. The number of rotatable bonds is 1. The van der Waals surface area contributed by atoms with Crippen LogP contribution in [-0.4, -0.2) is 30.8 Å². The van der Waals surface area contributed by atoms with E-state index >= 15 is 0 Å². The summed E-state index contributed by atoms with van der Waals surface area (Å²) in [7, 11) is 1.82. The fourth-order valence-corrected chi connectivity index (χ4v) is 5.41. The van der Waals surface area contributed by atoms with Crippen LogP contribution in [0.5, 0.6) is 0 Å². The maximum absolute atomic E-state index is 5.72. The molecule has 140 valence electrons. The second-order valence-electron chi connectivity index (χ2n) is 8.94. The Labute approximate surface area is 162 Å². The highest BCUT2D eigenvalue weighted by Gasteiger charge is 2.58. The number of methoxy groups -OCH3 is 1. The first-order valence-electron chi connectivity index (χ1n) is 10.4. The van der Waals surface area contributed by atoms with E-state index in [0.29, 0.717) is 5.92 Å². The summed E-state index contributed by atoms with van der Waals surface area (Å²) in [5.41, 5.74) is 4.90. The Balaban J connectivity index is 1.46. The van der Waals surface area contributed by atoms with Crippen LogP contribution in [-0.2, 0) is 17.6 Å². The van der Waals surface area contributed by atoms with Gasteiger partial charge in [0, 0.05) is 36.6 Å². The first kappa shape index (κ1) is 17.2. The molecule has 0 amide bonds. The van der Waals surface area contributed by atoms with Gasteiger partial charge in [0.2, 0.25) is 0 Å². The number of aliphatic imine (C=N–C) groups is 2. The van der Waals surface area contributed by atoms with Crippen molar-refractivity contribution in [3.05, 3.63) is 34.9 Å². The molecule has 2 saturated carbocycles. The van der Waals surface area contributed by atoms with E-state index in [9.17, 15) is 0 Å². The third-order valence-electron chi connectivity index (χ3n) is 7.26. The molecule has 3 atom stereocenters. The summed E-state index contributed by atoms with van der Waals surface area (Å²) in [6.45, 7) is 2.07. The summed E-state index contributed by atoms with van der Waals surface area (Å²) in [6.07, 6.45) is 11.4. The third kappa shape index (κ3) is 2.77. The van der Waals surface area contributed by atoms with Crippen molar-refractivity contribution in [1.29, 1.82) is 0 Å². The lowest BCUT2D eigenvalue weighted by Gasteiger charge is -2.48. The summed E-state index contributed by atoms with van der Waals surface area (Å²) in [4.78, 5) is 10.1. The fraction of sp³-hybridized carbons (Fsp3) is 0.583. The predicted molar refractivity (Wildman–Crippen MR) is 109 cm³/mol. The number of ether oxygens (including phenoxy) is 1. The van der Waals surface area contributed by atoms with Gasteiger partial charge in [0.25, 0.3) is 0 Å². The summed E-state index contributed by atoms with van der Waals surface area (Å²) in [5.74, 6) is 7.51. The van der Waals surface area contributed by atoms with E-state index in [4.69, 9.17) is 14.7 Å². The lowest BCUT2D eigenvalue weighted by molar-refractivity contribution is -0.0222. The average Bonchev–Trinajstić information content (AvgIpc) is 3.18. The van der Waals surface area contributed by atoms with E-state index in [1.165, 1.54) is 36.0 Å². The quantitative estimate of drug-likeness (QED) is 0.685. The molecule has 0 bridgehead atoms. The van der Waals surface area contributed by atoms with Crippen molar-refractivity contribution >= 4 is 11.9 Å². The zero-order chi connectivity index (χ0) is 18.5. The maximum Gasteiger partial charge on any atom is 0.159 e. The van der Waals surface area contributed by atoms with E-state index < -0.39 is 0 Å². The summed E-state index contributed by atoms with van der Waals surface area (Å²) in [5, 5.41) is 0. The Morgan fingerprint density at radius 2 is 2.00 bits per heavy atom. The van der Waals surface area contributed by atoms with E-state index in [1.807, 2.05) is 13.3 Å². The molecule has 3 unspecified atom stereocenters. The minimum absolute atomic E-state index is 0.0959. The number of hydrogen-bond acceptors (Lipinski definition) is 3. The third-order valence-corrected chi connectivity index (χ3v) is 7.26. The number of fused-ring (bicyclic) bond motifs is 2. The van der Waals surface area contributed by atoms with Gasteiger partial charge in [-0.25, -0.2) is 0 Å². The molecule has 1 heterocycles. The minimum Gasteiger partial charge on any atom is -0.381 e. The van der Waals surface area contributed by atoms with Crippen LogP contribution in [0.1, 0.15) is 62.1 Å². The molecular formula is C24H28N2O. The molecule has 5 rings (SSSR count). The van der Waals surface area contributed by atoms with Crippen LogP contribution in [0.15, 0.2) is 28.2 Å². The first-order chi connectivity index (χ1) is 13.1. The lowest BCUT2D eigenvalue weighted by Crippen LogP contribution is -2.51. The molecule has 3 heteroatoms. The van der Waals surface area contributed by atoms with Gasteiger partial charge in [-0.3, -0.25) is 9.98 Å². The number of nitrogens with zero attached hydrogens (tertiary/aromatic N) is 2. The van der Waals surface area contributed by atoms with Crippen molar-refractivity contribution in [3.8, 4) is 11.8 Å². The van der Waals surface area contributed by atoms with Gasteiger partial charge in [-0.05, 0) is 68.7 Å². The van der Waals surface area contributed by atoms with Crippen molar-refractivity contribution in [2.75, 3.05) is 7.11 Å². The first-order valence-corrected chi connectivity index (χ1v) is 10.4. The Kier molecular flexibility index (Phi) is 4.02. The van der Waals surface area contributed by atoms with Crippen LogP contribution in [0.25, 0.3) is 0 Å². The van der Waals surface area contributed by atoms with Crippen molar-refractivity contribution in [2.45, 2.75) is 70.1 Å². The fourth-order valence-electron chi connectivity index (χ4n) is 5.41. The standard InChI is InChI=1S/C24H28N2O/c1-17-16-25-24(26-17)15-22(27-2)10-11-23(24)13-20-9-8-19(12-21(20)14-23)7-6-18-4-3-5-18/h8-9,12,16,18,22H,3-5,10-11,13-15H2,1-2H3. The van der Waals surface area contributed by atoms with Gasteiger partial charge in [-0.2, -0.15) is 0 Å². The number of hydrogen-bond donors (Lipinski definition) is 0. The molecule has 2 fully saturated rings. The Hall–Kier alpha value is -1.92. The molecule has 1 aliphatic heterocycles. The Morgan fingerprint density at radius 1 is 1.15 bits per heavy atom. The van der Waals surface area contributed by atoms with Crippen LogP contribution in [0.3, 0.4) is 0 Å². The Morgan fingerprint density at radius 3 is 2.70 bits per heavy atom. The topological polar surface area (TPSA) is 34.0 Å². The van der Waals surface area contributed by atoms with Crippen molar-refractivity contribution in [3.63, 3.8) is 0 Å². The second kappa shape index (κ2) is 6.31. The maximum atomic E-state index is 5.72. The molecule has 0 N–H and O–H groups in total. The van der Waals surface area contributed by atoms with Crippen LogP contribution in [0.2, 0.25) is 0 Å². The van der Waals surface area contributed by atoms with Crippen molar-refractivity contribution < 1.29 is 4.74 Å². The lowest BCUT2D eigenvalue weighted by atomic mass is 9.63.